The SMILES string of the molecule is [Li][C]1([Si]2(C)CCC2)C=CC=C1. The van der Waals surface area contributed by atoms with Crippen molar-refractivity contribution in [1.29, 1.82) is 0 Å². The minimum absolute atomic E-state index is 0.505. The summed E-state index contributed by atoms with van der Waals surface area (Å²) in [5.74, 6) is 0. The summed E-state index contributed by atoms with van der Waals surface area (Å²) in [6.45, 7) is 2.55. The fourth-order valence-corrected chi connectivity index (χ4v) is 5.70. The maximum absolute atomic E-state index is 2.55. The predicted molar refractivity (Wildman–Crippen MR) is 52.6 cm³/mol. The fourth-order valence-electron chi connectivity index (χ4n) is 2.21. The van der Waals surface area contributed by atoms with E-state index >= 15 is 0 Å². The Morgan fingerprint density at radius 3 is 2.18 bits per heavy atom. The minimum atomic E-state index is -0.861. The molecule has 0 radical (unpaired) electrons. The van der Waals surface area contributed by atoms with Crippen LogP contribution in [-0.2, 0) is 0 Å². The Balaban J connectivity index is 2.26. The van der Waals surface area contributed by atoms with Crippen molar-refractivity contribution < 1.29 is 0 Å². The summed E-state index contributed by atoms with van der Waals surface area (Å²) in [7, 11) is -0.861. The van der Waals surface area contributed by atoms with Crippen molar-refractivity contribution in [2.45, 2.75) is 28.8 Å². The van der Waals surface area contributed by atoms with Gasteiger partial charge in [0.2, 0.25) is 0 Å². The molecule has 0 amide bonds. The van der Waals surface area contributed by atoms with Crippen LogP contribution in [-0.4, -0.2) is 25.8 Å². The quantitative estimate of drug-likeness (QED) is 0.511. The second kappa shape index (κ2) is 2.39. The second-order valence-corrected chi connectivity index (χ2v) is 9.61. The first kappa shape index (κ1) is 7.92. The Bertz CT molecular complexity index is 214. The summed E-state index contributed by atoms with van der Waals surface area (Å²) in [5, 5.41) is 0. The van der Waals surface area contributed by atoms with E-state index in [9.17, 15) is 0 Å². The van der Waals surface area contributed by atoms with Gasteiger partial charge in [-0.15, -0.1) is 0 Å². The zero-order valence-electron chi connectivity index (χ0n) is 7.43. The van der Waals surface area contributed by atoms with Crippen LogP contribution in [0.3, 0.4) is 0 Å². The van der Waals surface area contributed by atoms with E-state index in [0.717, 1.165) is 0 Å². The molecule has 1 aliphatic heterocycles. The Morgan fingerprint density at radius 2 is 1.82 bits per heavy atom. The summed E-state index contributed by atoms with van der Waals surface area (Å²) < 4.78 is 0.505. The average Bonchev–Trinajstić information content (AvgIpc) is 2.32. The van der Waals surface area contributed by atoms with Gasteiger partial charge < -0.3 is 0 Å². The van der Waals surface area contributed by atoms with Gasteiger partial charge in [0, 0.05) is 0 Å². The maximum atomic E-state index is 2.55. The number of hydrogen-bond acceptors (Lipinski definition) is 0. The molecule has 0 unspecified atom stereocenters. The van der Waals surface area contributed by atoms with Crippen LogP contribution in [0.25, 0.3) is 0 Å². The third-order valence-electron chi connectivity index (χ3n) is 3.75. The van der Waals surface area contributed by atoms with Gasteiger partial charge in [0.1, 0.15) is 0 Å². The summed E-state index contributed by atoms with van der Waals surface area (Å²) in [5.41, 5.74) is 0. The van der Waals surface area contributed by atoms with Crippen molar-refractivity contribution >= 4 is 25.8 Å². The van der Waals surface area contributed by atoms with Gasteiger partial charge in [-0.2, -0.15) is 0 Å². The molecular weight excluding hydrogens is 143 g/mol. The standard InChI is InChI=1S/C9H13Si.Li/c1-10(7-4-8-10)9-5-2-3-6-9;/h2-3,5-6H,4,7-8H2,1H3;. The van der Waals surface area contributed by atoms with E-state index in [1.807, 2.05) is 0 Å². The zero-order valence-corrected chi connectivity index (χ0v) is 8.43. The molecular formula is C9H13LiSi. The molecule has 1 fully saturated rings. The monoisotopic (exact) mass is 156 g/mol. The summed E-state index contributed by atoms with van der Waals surface area (Å²) in [6.07, 6.45) is 10.8. The number of allylic oxidation sites excluding steroid dienone is 4. The van der Waals surface area contributed by atoms with E-state index in [1.54, 1.807) is 0 Å². The van der Waals surface area contributed by atoms with E-state index in [1.165, 1.54) is 18.5 Å². The van der Waals surface area contributed by atoms with Gasteiger partial charge >= 0.3 is 78.9 Å². The summed E-state index contributed by atoms with van der Waals surface area (Å²) in [6, 6.07) is 3.08. The normalized spacial score (nSPS) is 30.5. The number of rotatable bonds is 1. The van der Waals surface area contributed by atoms with E-state index < -0.39 is 8.07 Å². The Labute approximate surface area is 79.0 Å². The molecule has 2 aliphatic rings. The van der Waals surface area contributed by atoms with Crippen molar-refractivity contribution in [1.82, 2.24) is 0 Å². The molecule has 1 aliphatic carbocycles. The Morgan fingerprint density at radius 1 is 1.27 bits per heavy atom. The molecule has 0 aromatic carbocycles. The van der Waals surface area contributed by atoms with Crippen LogP contribution in [0.1, 0.15) is 6.42 Å². The van der Waals surface area contributed by atoms with Crippen molar-refractivity contribution in [3.63, 3.8) is 0 Å². The van der Waals surface area contributed by atoms with Crippen LogP contribution >= 0.6 is 0 Å². The molecule has 2 heteroatoms. The van der Waals surface area contributed by atoms with Gasteiger partial charge in [-0.05, 0) is 0 Å². The van der Waals surface area contributed by atoms with E-state index in [0.29, 0.717) is 3.71 Å². The molecule has 11 heavy (non-hydrogen) atoms. The molecule has 0 saturated carbocycles. The Kier molecular flexibility index (Phi) is 1.72. The summed E-state index contributed by atoms with van der Waals surface area (Å²) in [4.78, 5) is 0. The van der Waals surface area contributed by atoms with E-state index in [2.05, 4.69) is 48.6 Å². The molecule has 54 valence electrons. The molecule has 0 nitrogen and oxygen atoms in total. The van der Waals surface area contributed by atoms with Crippen LogP contribution in [0.4, 0.5) is 0 Å². The molecule has 2 rings (SSSR count). The first-order chi connectivity index (χ1) is 5.16. The summed E-state index contributed by atoms with van der Waals surface area (Å²) >= 11 is 2.42. The van der Waals surface area contributed by atoms with Crippen molar-refractivity contribution in [2.24, 2.45) is 0 Å². The molecule has 0 aromatic heterocycles. The molecule has 1 heterocycles. The first-order valence-corrected chi connectivity index (χ1v) is 7.45. The third kappa shape index (κ3) is 1.02. The fraction of sp³-hybridized carbons (Fsp3) is 0.556. The Hall–Kier alpha value is 0.294. The van der Waals surface area contributed by atoms with Gasteiger partial charge in [0.15, 0.2) is 0 Å². The molecule has 0 spiro atoms. The average molecular weight is 156 g/mol. The predicted octanol–water partition coefficient (Wildman–Crippen LogP) is 2.46. The van der Waals surface area contributed by atoms with Crippen LogP contribution in [0.5, 0.6) is 0 Å². The third-order valence-corrected chi connectivity index (χ3v) is 9.60. The van der Waals surface area contributed by atoms with Crippen molar-refractivity contribution in [3.8, 4) is 0 Å². The van der Waals surface area contributed by atoms with Gasteiger partial charge in [0.05, 0.1) is 0 Å². The molecule has 0 atom stereocenters. The second-order valence-electron chi connectivity index (χ2n) is 4.42. The van der Waals surface area contributed by atoms with Crippen LogP contribution in [0, 0.1) is 0 Å². The topological polar surface area (TPSA) is 0 Å². The first-order valence-electron chi connectivity index (χ1n) is 4.53. The van der Waals surface area contributed by atoms with Crippen LogP contribution in [0.15, 0.2) is 24.3 Å². The van der Waals surface area contributed by atoms with Crippen LogP contribution in [0.2, 0.25) is 22.3 Å². The van der Waals surface area contributed by atoms with Gasteiger partial charge in [0.25, 0.3) is 0 Å². The molecule has 0 N–H and O–H groups in total. The number of hydrogen-bond donors (Lipinski definition) is 0. The van der Waals surface area contributed by atoms with Crippen molar-refractivity contribution in [2.75, 3.05) is 0 Å². The molecule has 1 saturated heterocycles. The van der Waals surface area contributed by atoms with E-state index in [4.69, 9.17) is 0 Å². The molecule has 0 bridgehead atoms. The van der Waals surface area contributed by atoms with Gasteiger partial charge in [-0.3, -0.25) is 0 Å². The zero-order chi connectivity index (χ0) is 7.95. The van der Waals surface area contributed by atoms with Crippen molar-refractivity contribution in [3.05, 3.63) is 24.3 Å². The van der Waals surface area contributed by atoms with E-state index in [-0.39, 0.29) is 0 Å². The van der Waals surface area contributed by atoms with Crippen LogP contribution < -0.4 is 0 Å². The van der Waals surface area contributed by atoms with Gasteiger partial charge in [-0.25, -0.2) is 0 Å². The molecule has 0 aromatic rings. The van der Waals surface area contributed by atoms with Gasteiger partial charge in [-0.1, -0.05) is 0 Å².